The van der Waals surface area contributed by atoms with Crippen LogP contribution in [-0.2, 0) is 0 Å². The van der Waals surface area contributed by atoms with E-state index in [-0.39, 0.29) is 0 Å². The maximum absolute atomic E-state index is 5.99. The summed E-state index contributed by atoms with van der Waals surface area (Å²) in [5, 5.41) is 4.51. The Hall–Kier alpha value is -0.800. The Balaban J connectivity index is 2.31. The van der Waals surface area contributed by atoms with Crippen molar-refractivity contribution in [3.8, 4) is 0 Å². The van der Waals surface area contributed by atoms with E-state index in [2.05, 4.69) is 47.2 Å². The van der Waals surface area contributed by atoms with E-state index in [1.165, 1.54) is 6.42 Å². The van der Waals surface area contributed by atoms with Gasteiger partial charge >= 0.3 is 0 Å². The molecule has 3 heteroatoms. The minimum Gasteiger partial charge on any atom is -0.458 e. The van der Waals surface area contributed by atoms with Crippen LogP contribution in [0, 0.1) is 5.92 Å². The van der Waals surface area contributed by atoms with Gasteiger partial charge in [0.15, 0.2) is 0 Å². The molecule has 98 valence electrons. The van der Waals surface area contributed by atoms with Gasteiger partial charge < -0.3 is 9.73 Å². The Morgan fingerprint density at radius 3 is 2.78 bits per heavy atom. The summed E-state index contributed by atoms with van der Waals surface area (Å²) in [4.78, 5) is 0. The molecule has 0 aliphatic rings. The van der Waals surface area contributed by atoms with Crippen LogP contribution in [0.1, 0.15) is 38.5 Å². The molecule has 0 saturated carbocycles. The standard InChI is InChI=1S/C15H20BrNO/c1-4-10(2)8-13(17-3)14-9-11-6-5-7-12(16)15(11)18-14/h5-7,9-10,13,17H,4,8H2,1-3H3. The Morgan fingerprint density at radius 2 is 2.17 bits per heavy atom. The smallest absolute Gasteiger partial charge is 0.148 e. The first kappa shape index (κ1) is 13.6. The molecular weight excluding hydrogens is 290 g/mol. The monoisotopic (exact) mass is 309 g/mol. The number of fused-ring (bicyclic) bond motifs is 1. The van der Waals surface area contributed by atoms with Crippen molar-refractivity contribution in [3.05, 3.63) is 34.5 Å². The molecule has 2 rings (SSSR count). The lowest BCUT2D eigenvalue weighted by atomic mass is 9.98. The van der Waals surface area contributed by atoms with Gasteiger partial charge in [-0.05, 0) is 47.4 Å². The molecule has 18 heavy (non-hydrogen) atoms. The number of para-hydroxylation sites is 1. The van der Waals surface area contributed by atoms with Crippen molar-refractivity contribution in [2.24, 2.45) is 5.92 Å². The topological polar surface area (TPSA) is 25.2 Å². The van der Waals surface area contributed by atoms with E-state index in [9.17, 15) is 0 Å². The highest BCUT2D eigenvalue weighted by atomic mass is 79.9. The first-order chi connectivity index (χ1) is 8.65. The first-order valence-corrected chi connectivity index (χ1v) is 7.30. The molecule has 0 fully saturated rings. The van der Waals surface area contributed by atoms with Crippen molar-refractivity contribution in [1.29, 1.82) is 0 Å². The third-order valence-electron chi connectivity index (χ3n) is 3.54. The summed E-state index contributed by atoms with van der Waals surface area (Å²) < 4.78 is 7.01. The molecule has 0 spiro atoms. The molecule has 0 aliphatic heterocycles. The molecule has 0 amide bonds. The minimum atomic E-state index is 0.291. The number of furan rings is 1. The molecule has 2 atom stereocenters. The van der Waals surface area contributed by atoms with Crippen molar-refractivity contribution in [1.82, 2.24) is 5.32 Å². The van der Waals surface area contributed by atoms with E-state index in [1.54, 1.807) is 0 Å². The van der Waals surface area contributed by atoms with Gasteiger partial charge in [0.25, 0.3) is 0 Å². The summed E-state index contributed by atoms with van der Waals surface area (Å²) in [5.41, 5.74) is 0.942. The molecule has 0 aliphatic carbocycles. The molecule has 2 nitrogen and oxygen atoms in total. The zero-order valence-electron chi connectivity index (χ0n) is 11.2. The Kier molecular flexibility index (Phi) is 4.46. The first-order valence-electron chi connectivity index (χ1n) is 6.51. The summed E-state index contributed by atoms with van der Waals surface area (Å²) in [6, 6.07) is 8.57. The molecule has 2 aromatic rings. The number of halogens is 1. The van der Waals surface area contributed by atoms with Gasteiger partial charge in [-0.25, -0.2) is 0 Å². The van der Waals surface area contributed by atoms with Crippen LogP contribution in [0.2, 0.25) is 0 Å². The second-order valence-electron chi connectivity index (χ2n) is 4.90. The maximum atomic E-state index is 5.99. The van der Waals surface area contributed by atoms with E-state index in [4.69, 9.17) is 4.42 Å². The molecule has 1 N–H and O–H groups in total. The van der Waals surface area contributed by atoms with Gasteiger partial charge in [0.1, 0.15) is 11.3 Å². The van der Waals surface area contributed by atoms with E-state index >= 15 is 0 Å². The van der Waals surface area contributed by atoms with E-state index < -0.39 is 0 Å². The third-order valence-corrected chi connectivity index (χ3v) is 4.17. The maximum Gasteiger partial charge on any atom is 0.148 e. The highest BCUT2D eigenvalue weighted by molar-refractivity contribution is 9.10. The summed E-state index contributed by atoms with van der Waals surface area (Å²) in [6.07, 6.45) is 2.30. The van der Waals surface area contributed by atoms with Gasteiger partial charge in [0.05, 0.1) is 10.5 Å². The van der Waals surface area contributed by atoms with Gasteiger partial charge in [-0.15, -0.1) is 0 Å². The SMILES string of the molecule is CCC(C)CC(NC)c1cc2cccc(Br)c2o1. The Morgan fingerprint density at radius 1 is 1.39 bits per heavy atom. The van der Waals surface area contributed by atoms with Crippen molar-refractivity contribution >= 4 is 26.9 Å². The highest BCUT2D eigenvalue weighted by Crippen LogP contribution is 2.32. The summed E-state index contributed by atoms with van der Waals surface area (Å²) >= 11 is 3.53. The van der Waals surface area contributed by atoms with Crippen LogP contribution in [0.3, 0.4) is 0 Å². The third kappa shape index (κ3) is 2.78. The minimum absolute atomic E-state index is 0.291. The number of benzene rings is 1. The fraction of sp³-hybridized carbons (Fsp3) is 0.467. The van der Waals surface area contributed by atoms with Crippen LogP contribution in [0.5, 0.6) is 0 Å². The second kappa shape index (κ2) is 5.89. The zero-order valence-corrected chi connectivity index (χ0v) is 12.8. The van der Waals surface area contributed by atoms with Crippen molar-refractivity contribution in [2.75, 3.05) is 7.05 Å². The number of nitrogens with one attached hydrogen (secondary N) is 1. The number of hydrogen-bond acceptors (Lipinski definition) is 2. The lowest BCUT2D eigenvalue weighted by Gasteiger charge is -2.17. The molecule has 0 bridgehead atoms. The van der Waals surface area contributed by atoms with Crippen LogP contribution < -0.4 is 5.32 Å². The quantitative estimate of drug-likeness (QED) is 0.850. The molecule has 1 aromatic heterocycles. The van der Waals surface area contributed by atoms with Crippen molar-refractivity contribution in [2.45, 2.75) is 32.7 Å². The average molecular weight is 310 g/mol. The lowest BCUT2D eigenvalue weighted by molar-refractivity contribution is 0.371. The lowest BCUT2D eigenvalue weighted by Crippen LogP contribution is -2.18. The van der Waals surface area contributed by atoms with E-state index in [1.807, 2.05) is 19.2 Å². The van der Waals surface area contributed by atoms with Gasteiger partial charge in [-0.1, -0.05) is 32.4 Å². The van der Waals surface area contributed by atoms with Crippen LogP contribution in [0.4, 0.5) is 0 Å². The van der Waals surface area contributed by atoms with Crippen molar-refractivity contribution in [3.63, 3.8) is 0 Å². The van der Waals surface area contributed by atoms with Crippen LogP contribution in [-0.4, -0.2) is 7.05 Å². The number of rotatable bonds is 5. The van der Waals surface area contributed by atoms with E-state index in [0.717, 1.165) is 27.6 Å². The van der Waals surface area contributed by atoms with Gasteiger partial charge in [-0.3, -0.25) is 0 Å². The predicted octanol–water partition coefficient (Wildman–Crippen LogP) is 4.89. The molecule has 0 radical (unpaired) electrons. The molecular formula is C15H20BrNO. The molecule has 0 saturated heterocycles. The number of hydrogen-bond donors (Lipinski definition) is 1. The fourth-order valence-corrected chi connectivity index (χ4v) is 2.63. The summed E-state index contributed by atoms with van der Waals surface area (Å²) in [7, 11) is 2.00. The van der Waals surface area contributed by atoms with Crippen LogP contribution in [0.15, 0.2) is 33.2 Å². The Bertz CT molecular complexity index is 520. The van der Waals surface area contributed by atoms with Crippen LogP contribution in [0.25, 0.3) is 11.0 Å². The van der Waals surface area contributed by atoms with Gasteiger partial charge in [0, 0.05) is 5.39 Å². The van der Waals surface area contributed by atoms with Crippen molar-refractivity contribution < 1.29 is 4.42 Å². The second-order valence-corrected chi connectivity index (χ2v) is 5.75. The molecule has 2 unspecified atom stereocenters. The Labute approximate surface area is 117 Å². The fourth-order valence-electron chi connectivity index (χ4n) is 2.16. The van der Waals surface area contributed by atoms with Crippen LogP contribution >= 0.6 is 15.9 Å². The predicted molar refractivity (Wildman–Crippen MR) is 79.8 cm³/mol. The summed E-state index contributed by atoms with van der Waals surface area (Å²) in [5.74, 6) is 1.72. The largest absolute Gasteiger partial charge is 0.458 e. The van der Waals surface area contributed by atoms with E-state index in [0.29, 0.717) is 12.0 Å². The zero-order chi connectivity index (χ0) is 13.1. The normalized spacial score (nSPS) is 14.9. The van der Waals surface area contributed by atoms with Gasteiger partial charge in [-0.2, -0.15) is 0 Å². The molecule has 1 aromatic carbocycles. The highest BCUT2D eigenvalue weighted by Gasteiger charge is 2.17. The molecule has 1 heterocycles. The summed E-state index contributed by atoms with van der Waals surface area (Å²) in [6.45, 7) is 4.51. The van der Waals surface area contributed by atoms with Gasteiger partial charge in [0.2, 0.25) is 0 Å². The average Bonchev–Trinajstić information content (AvgIpc) is 2.80.